The summed E-state index contributed by atoms with van der Waals surface area (Å²) in [4.78, 5) is 12.0. The van der Waals surface area contributed by atoms with E-state index in [0.717, 1.165) is 12.8 Å². The molecule has 0 saturated carbocycles. The van der Waals surface area contributed by atoms with E-state index in [4.69, 9.17) is 10.5 Å². The summed E-state index contributed by atoms with van der Waals surface area (Å²) >= 11 is 1.24. The number of carbonyl (C=O) groups is 1. The Balaban J connectivity index is 2.34. The number of nitrogen functional groups attached to an aromatic ring is 1. The van der Waals surface area contributed by atoms with Crippen molar-refractivity contribution in [3.8, 4) is 0 Å². The molecule has 0 heterocycles. The van der Waals surface area contributed by atoms with Gasteiger partial charge in [0.05, 0.1) is 18.0 Å². The zero-order valence-corrected chi connectivity index (χ0v) is 10.6. The van der Waals surface area contributed by atoms with E-state index < -0.39 is 5.82 Å². The van der Waals surface area contributed by atoms with Crippen LogP contribution in [-0.2, 0) is 9.53 Å². The number of rotatable bonds is 6. The first-order valence-corrected chi connectivity index (χ1v) is 6.45. The molecular weight excluding hydrogens is 241 g/mol. The number of nitrogens with two attached hydrogens (primary N) is 1. The van der Waals surface area contributed by atoms with E-state index in [1.165, 1.54) is 23.9 Å². The molecule has 0 aromatic heterocycles. The zero-order chi connectivity index (χ0) is 12.7. The van der Waals surface area contributed by atoms with Crippen molar-refractivity contribution in [1.82, 2.24) is 0 Å². The molecule has 0 aliphatic rings. The van der Waals surface area contributed by atoms with Crippen molar-refractivity contribution in [2.45, 2.75) is 24.7 Å². The van der Waals surface area contributed by atoms with Crippen LogP contribution in [0.4, 0.5) is 10.1 Å². The van der Waals surface area contributed by atoms with E-state index in [9.17, 15) is 9.18 Å². The minimum absolute atomic E-state index is 0.111. The van der Waals surface area contributed by atoms with Crippen LogP contribution in [-0.4, -0.2) is 18.3 Å². The van der Waals surface area contributed by atoms with E-state index >= 15 is 0 Å². The second-order valence-electron chi connectivity index (χ2n) is 3.55. The van der Waals surface area contributed by atoms with E-state index in [0.29, 0.717) is 11.5 Å². The van der Waals surface area contributed by atoms with Crippen molar-refractivity contribution >= 4 is 23.4 Å². The van der Waals surface area contributed by atoms with Gasteiger partial charge in [-0.25, -0.2) is 4.39 Å². The number of halogens is 1. The van der Waals surface area contributed by atoms with Gasteiger partial charge in [0, 0.05) is 4.90 Å². The van der Waals surface area contributed by atoms with Gasteiger partial charge in [-0.3, -0.25) is 4.79 Å². The second-order valence-corrected chi connectivity index (χ2v) is 4.59. The molecule has 0 aliphatic carbocycles. The molecule has 0 radical (unpaired) electrons. The summed E-state index contributed by atoms with van der Waals surface area (Å²) in [6.07, 6.45) is 1.86. The molecule has 94 valence electrons. The number of hydrogen-bond donors (Lipinski definition) is 1. The van der Waals surface area contributed by atoms with Crippen LogP contribution in [0.1, 0.15) is 19.8 Å². The van der Waals surface area contributed by atoms with Gasteiger partial charge in [-0.2, -0.15) is 0 Å². The standard InChI is InChI=1S/C12H16FNO2S/c1-2-3-6-16-12(15)8-17-9-4-5-11(14)10(13)7-9/h4-5,7H,2-3,6,8,14H2,1H3. The van der Waals surface area contributed by atoms with Gasteiger partial charge in [-0.05, 0) is 24.6 Å². The summed E-state index contributed by atoms with van der Waals surface area (Å²) in [5.74, 6) is -0.553. The Bertz CT molecular complexity index is 385. The number of thioether (sulfide) groups is 1. The van der Waals surface area contributed by atoms with Gasteiger partial charge in [-0.1, -0.05) is 13.3 Å². The summed E-state index contributed by atoms with van der Waals surface area (Å²) in [6.45, 7) is 2.48. The lowest BCUT2D eigenvalue weighted by molar-refractivity contribution is -0.140. The average molecular weight is 257 g/mol. The van der Waals surface area contributed by atoms with Crippen LogP contribution in [0.3, 0.4) is 0 Å². The summed E-state index contributed by atoms with van der Waals surface area (Å²) in [5, 5.41) is 0. The monoisotopic (exact) mass is 257 g/mol. The number of hydrogen-bond acceptors (Lipinski definition) is 4. The van der Waals surface area contributed by atoms with Crippen molar-refractivity contribution in [2.24, 2.45) is 0 Å². The average Bonchev–Trinajstić information content (AvgIpc) is 2.31. The van der Waals surface area contributed by atoms with Crippen LogP contribution in [0.5, 0.6) is 0 Å². The Labute approximate surface area is 105 Å². The fraction of sp³-hybridized carbons (Fsp3) is 0.417. The van der Waals surface area contributed by atoms with Crippen LogP contribution in [0.2, 0.25) is 0 Å². The van der Waals surface area contributed by atoms with Crippen molar-refractivity contribution < 1.29 is 13.9 Å². The number of carbonyl (C=O) groups excluding carboxylic acids is 1. The zero-order valence-electron chi connectivity index (χ0n) is 9.74. The third kappa shape index (κ3) is 5.08. The molecule has 0 unspecified atom stereocenters. The highest BCUT2D eigenvalue weighted by Gasteiger charge is 2.05. The van der Waals surface area contributed by atoms with Crippen LogP contribution >= 0.6 is 11.8 Å². The minimum Gasteiger partial charge on any atom is -0.465 e. The van der Waals surface area contributed by atoms with Gasteiger partial charge in [0.25, 0.3) is 0 Å². The number of anilines is 1. The van der Waals surface area contributed by atoms with Gasteiger partial charge in [-0.15, -0.1) is 11.8 Å². The van der Waals surface area contributed by atoms with E-state index in [1.807, 2.05) is 6.92 Å². The van der Waals surface area contributed by atoms with Crippen molar-refractivity contribution in [3.05, 3.63) is 24.0 Å². The van der Waals surface area contributed by atoms with Crippen LogP contribution in [0.25, 0.3) is 0 Å². The molecule has 2 N–H and O–H groups in total. The highest BCUT2D eigenvalue weighted by atomic mass is 32.2. The molecule has 0 spiro atoms. The molecule has 0 saturated heterocycles. The third-order valence-electron chi connectivity index (χ3n) is 2.09. The lowest BCUT2D eigenvalue weighted by Gasteiger charge is -2.04. The Morgan fingerprint density at radius 2 is 2.29 bits per heavy atom. The van der Waals surface area contributed by atoms with Crippen molar-refractivity contribution in [2.75, 3.05) is 18.1 Å². The smallest absolute Gasteiger partial charge is 0.316 e. The van der Waals surface area contributed by atoms with Crippen molar-refractivity contribution in [3.63, 3.8) is 0 Å². The Morgan fingerprint density at radius 3 is 2.94 bits per heavy atom. The second kappa shape index (κ2) is 7.17. The highest BCUT2D eigenvalue weighted by molar-refractivity contribution is 8.00. The highest BCUT2D eigenvalue weighted by Crippen LogP contribution is 2.21. The molecule has 1 aromatic carbocycles. The third-order valence-corrected chi connectivity index (χ3v) is 3.06. The van der Waals surface area contributed by atoms with Crippen LogP contribution in [0, 0.1) is 5.82 Å². The largest absolute Gasteiger partial charge is 0.465 e. The predicted octanol–water partition coefficient (Wildman–Crippen LogP) is 2.84. The molecule has 17 heavy (non-hydrogen) atoms. The first-order valence-electron chi connectivity index (χ1n) is 5.47. The van der Waals surface area contributed by atoms with Gasteiger partial charge < -0.3 is 10.5 Å². The number of benzene rings is 1. The van der Waals surface area contributed by atoms with Gasteiger partial charge >= 0.3 is 5.97 Å². The maximum Gasteiger partial charge on any atom is 0.316 e. The van der Waals surface area contributed by atoms with Crippen molar-refractivity contribution in [1.29, 1.82) is 0 Å². The Hall–Kier alpha value is -1.23. The Morgan fingerprint density at radius 1 is 1.53 bits per heavy atom. The van der Waals surface area contributed by atoms with Gasteiger partial charge in [0.2, 0.25) is 0 Å². The molecule has 0 fully saturated rings. The van der Waals surface area contributed by atoms with Crippen LogP contribution < -0.4 is 5.73 Å². The maximum absolute atomic E-state index is 13.1. The molecule has 0 aliphatic heterocycles. The van der Waals surface area contributed by atoms with E-state index in [2.05, 4.69) is 0 Å². The fourth-order valence-electron chi connectivity index (χ4n) is 1.11. The molecule has 5 heteroatoms. The molecule has 0 amide bonds. The summed E-state index contributed by atoms with van der Waals surface area (Å²) in [7, 11) is 0. The van der Waals surface area contributed by atoms with Gasteiger partial charge in [0.15, 0.2) is 0 Å². The van der Waals surface area contributed by atoms with Gasteiger partial charge in [0.1, 0.15) is 5.82 Å². The summed E-state index contributed by atoms with van der Waals surface area (Å²) < 4.78 is 18.1. The van der Waals surface area contributed by atoms with E-state index in [1.54, 1.807) is 6.07 Å². The first kappa shape index (κ1) is 13.8. The maximum atomic E-state index is 13.1. The minimum atomic E-state index is -0.464. The first-order chi connectivity index (χ1) is 8.13. The molecule has 1 aromatic rings. The molecule has 0 bridgehead atoms. The normalized spacial score (nSPS) is 10.2. The predicted molar refractivity (Wildman–Crippen MR) is 67.4 cm³/mol. The summed E-state index contributed by atoms with van der Waals surface area (Å²) in [5.41, 5.74) is 5.46. The quantitative estimate of drug-likeness (QED) is 0.368. The summed E-state index contributed by atoms with van der Waals surface area (Å²) in [6, 6.07) is 4.49. The van der Waals surface area contributed by atoms with E-state index in [-0.39, 0.29) is 17.4 Å². The lowest BCUT2D eigenvalue weighted by Crippen LogP contribution is -2.08. The molecule has 1 rings (SSSR count). The number of ether oxygens (including phenoxy) is 1. The fourth-order valence-corrected chi connectivity index (χ4v) is 1.83. The molecule has 3 nitrogen and oxygen atoms in total. The molecular formula is C12H16FNO2S. The SMILES string of the molecule is CCCCOC(=O)CSc1ccc(N)c(F)c1. The number of unbranched alkanes of at least 4 members (excludes halogenated alkanes) is 1. The van der Waals surface area contributed by atoms with Crippen LogP contribution in [0.15, 0.2) is 23.1 Å². The number of esters is 1. The topological polar surface area (TPSA) is 52.3 Å². The Kier molecular flexibility index (Phi) is 5.83. The lowest BCUT2D eigenvalue weighted by atomic mass is 10.3. The molecule has 0 atom stereocenters.